The molecule has 0 radical (unpaired) electrons. The first kappa shape index (κ1) is 16.4. The maximum atomic E-state index is 5.90. The van der Waals surface area contributed by atoms with Crippen LogP contribution in [0.5, 0.6) is 5.75 Å². The number of rotatable bonds is 4. The summed E-state index contributed by atoms with van der Waals surface area (Å²) in [6.07, 6.45) is 0. The van der Waals surface area contributed by atoms with Crippen LogP contribution in [0.3, 0.4) is 0 Å². The quantitative estimate of drug-likeness (QED) is 0.596. The molecule has 21 heavy (non-hydrogen) atoms. The molecule has 0 N–H and O–H groups in total. The first-order valence-electron chi connectivity index (χ1n) is 6.97. The van der Waals surface area contributed by atoms with Crippen molar-refractivity contribution >= 4 is 27.5 Å². The second-order valence-corrected chi connectivity index (χ2v) is 7.24. The molecular formula is C18H20BrClO. The molecule has 112 valence electrons. The lowest BCUT2D eigenvalue weighted by molar-refractivity contribution is 0.306. The first-order valence-corrected chi connectivity index (χ1v) is 8.29. The van der Waals surface area contributed by atoms with Crippen molar-refractivity contribution in [2.24, 2.45) is 0 Å². The summed E-state index contributed by atoms with van der Waals surface area (Å²) < 4.78 is 6.85. The Labute approximate surface area is 140 Å². The van der Waals surface area contributed by atoms with Gasteiger partial charge in [-0.05, 0) is 40.3 Å². The predicted octanol–water partition coefficient (Wildman–Crippen LogP) is 6.06. The van der Waals surface area contributed by atoms with E-state index in [1.807, 2.05) is 18.2 Å². The van der Waals surface area contributed by atoms with Crippen molar-refractivity contribution in [2.75, 3.05) is 0 Å². The molecule has 0 aliphatic carbocycles. The molecule has 0 spiro atoms. The van der Waals surface area contributed by atoms with Crippen LogP contribution in [0.4, 0.5) is 0 Å². The number of benzene rings is 2. The molecule has 1 nitrogen and oxygen atoms in total. The van der Waals surface area contributed by atoms with Gasteiger partial charge in [0, 0.05) is 10.4 Å². The van der Waals surface area contributed by atoms with Gasteiger partial charge >= 0.3 is 0 Å². The molecule has 0 saturated carbocycles. The fraction of sp³-hybridized carbons (Fsp3) is 0.333. The zero-order valence-corrected chi connectivity index (χ0v) is 15.0. The van der Waals surface area contributed by atoms with E-state index in [4.69, 9.17) is 16.3 Å². The maximum Gasteiger partial charge on any atom is 0.120 e. The number of alkyl halides is 1. The smallest absolute Gasteiger partial charge is 0.120 e. The molecule has 0 saturated heterocycles. The third kappa shape index (κ3) is 4.49. The molecule has 0 unspecified atom stereocenters. The Hall–Kier alpha value is -0.990. The predicted molar refractivity (Wildman–Crippen MR) is 93.2 cm³/mol. The monoisotopic (exact) mass is 366 g/mol. The van der Waals surface area contributed by atoms with E-state index in [9.17, 15) is 0 Å². The van der Waals surface area contributed by atoms with Gasteiger partial charge in [0.1, 0.15) is 12.4 Å². The van der Waals surface area contributed by atoms with Crippen LogP contribution in [0.1, 0.15) is 37.5 Å². The van der Waals surface area contributed by atoms with Crippen LogP contribution >= 0.6 is 27.5 Å². The lowest BCUT2D eigenvalue weighted by atomic mass is 9.87. The molecule has 0 atom stereocenters. The molecule has 0 heterocycles. The molecule has 2 aromatic carbocycles. The molecule has 2 rings (SSSR count). The fourth-order valence-corrected chi connectivity index (χ4v) is 2.78. The highest BCUT2D eigenvalue weighted by Gasteiger charge is 2.12. The largest absolute Gasteiger partial charge is 0.489 e. The van der Waals surface area contributed by atoms with E-state index in [0.717, 1.165) is 15.8 Å². The van der Waals surface area contributed by atoms with Crippen LogP contribution in [0, 0.1) is 0 Å². The third-order valence-corrected chi connectivity index (χ3v) is 4.45. The van der Waals surface area contributed by atoms with Crippen LogP contribution in [0.15, 0.2) is 46.9 Å². The number of hydrogen-bond acceptors (Lipinski definition) is 1. The highest BCUT2D eigenvalue weighted by molar-refractivity contribution is 9.10. The van der Waals surface area contributed by atoms with Gasteiger partial charge in [-0.1, -0.05) is 61.0 Å². The van der Waals surface area contributed by atoms with Crippen LogP contribution < -0.4 is 4.74 Å². The Kier molecular flexibility index (Phi) is 5.34. The van der Waals surface area contributed by atoms with E-state index in [2.05, 4.69) is 61.0 Å². The van der Waals surface area contributed by atoms with E-state index in [1.165, 1.54) is 11.1 Å². The maximum absolute atomic E-state index is 5.90. The molecule has 2 aromatic rings. The molecular weight excluding hydrogens is 348 g/mol. The zero-order valence-electron chi connectivity index (χ0n) is 12.6. The topological polar surface area (TPSA) is 9.23 Å². The van der Waals surface area contributed by atoms with Crippen molar-refractivity contribution in [1.29, 1.82) is 0 Å². The average molecular weight is 368 g/mol. The summed E-state index contributed by atoms with van der Waals surface area (Å²) in [7, 11) is 0. The molecule has 0 aliphatic rings. The molecule has 3 heteroatoms. The lowest BCUT2D eigenvalue weighted by Crippen LogP contribution is -2.10. The summed E-state index contributed by atoms with van der Waals surface area (Å²) in [5.74, 6) is 1.31. The standard InChI is InChI=1S/C18H20BrClO/c1-18(2,3)15-6-4-13(5-7-15)12-21-16-8-9-17(19)14(10-16)11-20/h4-10H,11-12H2,1-3H3. The Balaban J connectivity index is 2.03. The van der Waals surface area contributed by atoms with Gasteiger partial charge in [-0.25, -0.2) is 0 Å². The Morgan fingerprint density at radius 3 is 2.29 bits per heavy atom. The second-order valence-electron chi connectivity index (χ2n) is 6.12. The van der Waals surface area contributed by atoms with Gasteiger partial charge in [0.25, 0.3) is 0 Å². The van der Waals surface area contributed by atoms with Crippen molar-refractivity contribution < 1.29 is 4.74 Å². The molecule has 0 bridgehead atoms. The summed E-state index contributed by atoms with van der Waals surface area (Å²) in [5.41, 5.74) is 3.72. The fourth-order valence-electron chi connectivity index (χ4n) is 2.01. The number of ether oxygens (including phenoxy) is 1. The minimum absolute atomic E-state index is 0.181. The highest BCUT2D eigenvalue weighted by Crippen LogP contribution is 2.25. The third-order valence-electron chi connectivity index (χ3n) is 3.39. The van der Waals surface area contributed by atoms with E-state index in [0.29, 0.717) is 12.5 Å². The van der Waals surface area contributed by atoms with E-state index < -0.39 is 0 Å². The zero-order chi connectivity index (χ0) is 15.5. The minimum atomic E-state index is 0.181. The van der Waals surface area contributed by atoms with Crippen molar-refractivity contribution in [1.82, 2.24) is 0 Å². The van der Waals surface area contributed by atoms with Crippen LogP contribution in [-0.2, 0) is 17.9 Å². The first-order chi connectivity index (χ1) is 9.90. The van der Waals surface area contributed by atoms with Crippen molar-refractivity contribution in [3.8, 4) is 5.75 Å². The minimum Gasteiger partial charge on any atom is -0.489 e. The van der Waals surface area contributed by atoms with Gasteiger partial charge < -0.3 is 4.74 Å². The summed E-state index contributed by atoms with van der Waals surface area (Å²) >= 11 is 9.37. The van der Waals surface area contributed by atoms with Crippen molar-refractivity contribution in [3.63, 3.8) is 0 Å². The van der Waals surface area contributed by atoms with Crippen molar-refractivity contribution in [3.05, 3.63) is 63.6 Å². The molecule has 0 aliphatic heterocycles. The molecule has 0 fully saturated rings. The molecule has 0 amide bonds. The van der Waals surface area contributed by atoms with Gasteiger partial charge in [0.15, 0.2) is 0 Å². The number of hydrogen-bond donors (Lipinski definition) is 0. The van der Waals surface area contributed by atoms with E-state index in [-0.39, 0.29) is 5.41 Å². The van der Waals surface area contributed by atoms with Gasteiger partial charge in [0.05, 0.1) is 0 Å². The summed E-state index contributed by atoms with van der Waals surface area (Å²) in [4.78, 5) is 0. The van der Waals surface area contributed by atoms with Gasteiger partial charge in [-0.3, -0.25) is 0 Å². The van der Waals surface area contributed by atoms with E-state index in [1.54, 1.807) is 0 Å². The van der Waals surface area contributed by atoms with Crippen molar-refractivity contribution in [2.45, 2.75) is 38.7 Å². The highest BCUT2D eigenvalue weighted by atomic mass is 79.9. The SMILES string of the molecule is CC(C)(C)c1ccc(COc2ccc(Br)c(CCl)c2)cc1. The Morgan fingerprint density at radius 1 is 1.05 bits per heavy atom. The molecule has 0 aromatic heterocycles. The van der Waals surface area contributed by atoms with Gasteiger partial charge in [0.2, 0.25) is 0 Å². The van der Waals surface area contributed by atoms with Crippen LogP contribution in [-0.4, -0.2) is 0 Å². The average Bonchev–Trinajstić information content (AvgIpc) is 2.46. The van der Waals surface area contributed by atoms with Gasteiger partial charge in [-0.2, -0.15) is 0 Å². The summed E-state index contributed by atoms with van der Waals surface area (Å²) in [5, 5.41) is 0. The van der Waals surface area contributed by atoms with E-state index >= 15 is 0 Å². The summed E-state index contributed by atoms with van der Waals surface area (Å²) in [6.45, 7) is 7.21. The second kappa shape index (κ2) is 6.85. The Bertz CT molecular complexity index is 600. The number of halogens is 2. The van der Waals surface area contributed by atoms with Crippen LogP contribution in [0.2, 0.25) is 0 Å². The normalized spacial score (nSPS) is 11.5. The van der Waals surface area contributed by atoms with Crippen LogP contribution in [0.25, 0.3) is 0 Å². The lowest BCUT2D eigenvalue weighted by Gasteiger charge is -2.19. The van der Waals surface area contributed by atoms with Gasteiger partial charge in [-0.15, -0.1) is 11.6 Å². The summed E-state index contributed by atoms with van der Waals surface area (Å²) in [6, 6.07) is 14.5. The Morgan fingerprint density at radius 2 is 1.71 bits per heavy atom.